The van der Waals surface area contributed by atoms with Gasteiger partial charge < -0.3 is 10.6 Å². The summed E-state index contributed by atoms with van der Waals surface area (Å²) in [5, 5.41) is 5.60. The molecule has 0 unspecified atom stereocenters. The van der Waals surface area contributed by atoms with E-state index in [0.717, 1.165) is 5.56 Å². The van der Waals surface area contributed by atoms with Crippen molar-refractivity contribution >= 4 is 23.2 Å². The topological polar surface area (TPSA) is 41.1 Å². The maximum Gasteiger partial charge on any atom is 0.257 e. The van der Waals surface area contributed by atoms with E-state index in [0.29, 0.717) is 12.2 Å². The summed E-state index contributed by atoms with van der Waals surface area (Å²) < 4.78 is 13.4. The highest BCUT2D eigenvalue weighted by atomic mass is 35.5. The molecule has 0 radical (unpaired) electrons. The van der Waals surface area contributed by atoms with Crippen molar-refractivity contribution in [3.8, 4) is 0 Å². The van der Waals surface area contributed by atoms with Crippen molar-refractivity contribution in [2.24, 2.45) is 0 Å². The zero-order chi connectivity index (χ0) is 14.5. The van der Waals surface area contributed by atoms with Crippen LogP contribution in [0.25, 0.3) is 0 Å². The Morgan fingerprint density at radius 2 is 1.95 bits per heavy atom. The van der Waals surface area contributed by atoms with Crippen LogP contribution in [-0.4, -0.2) is 13.0 Å². The summed E-state index contributed by atoms with van der Waals surface area (Å²) >= 11 is 5.81. The lowest BCUT2D eigenvalue weighted by atomic mass is 10.1. The summed E-state index contributed by atoms with van der Waals surface area (Å²) in [6.45, 7) is 0.618. The maximum atomic E-state index is 13.4. The largest absolute Gasteiger partial charge is 0.322 e. The number of hydrogen-bond acceptors (Lipinski definition) is 2. The first-order valence-electron chi connectivity index (χ1n) is 6.11. The minimum absolute atomic E-state index is 0.117. The molecule has 0 spiro atoms. The number of carbonyl (C=O) groups is 1. The first kappa shape index (κ1) is 14.5. The highest BCUT2D eigenvalue weighted by Crippen LogP contribution is 2.22. The number of rotatable bonds is 4. The van der Waals surface area contributed by atoms with Crippen LogP contribution in [0, 0.1) is 5.82 Å². The molecule has 0 saturated carbocycles. The fourth-order valence-electron chi connectivity index (χ4n) is 1.86. The van der Waals surface area contributed by atoms with Crippen molar-refractivity contribution in [3.63, 3.8) is 0 Å². The van der Waals surface area contributed by atoms with Crippen molar-refractivity contribution in [2.75, 3.05) is 12.4 Å². The first-order valence-corrected chi connectivity index (χ1v) is 6.49. The van der Waals surface area contributed by atoms with Gasteiger partial charge in [-0.05, 0) is 30.8 Å². The fourth-order valence-corrected chi connectivity index (χ4v) is 2.07. The Bertz CT molecular complexity index is 631. The van der Waals surface area contributed by atoms with Crippen molar-refractivity contribution in [1.29, 1.82) is 0 Å². The van der Waals surface area contributed by atoms with Gasteiger partial charge >= 0.3 is 0 Å². The molecule has 3 nitrogen and oxygen atoms in total. The Hall–Kier alpha value is -1.91. The average Bonchev–Trinajstić information content (AvgIpc) is 2.44. The van der Waals surface area contributed by atoms with Crippen LogP contribution >= 0.6 is 11.6 Å². The molecule has 20 heavy (non-hydrogen) atoms. The molecule has 0 aliphatic rings. The van der Waals surface area contributed by atoms with Gasteiger partial charge in [0.25, 0.3) is 5.91 Å². The Labute approximate surface area is 121 Å². The number of para-hydroxylation sites is 1. The molecule has 1 amide bonds. The van der Waals surface area contributed by atoms with Crippen molar-refractivity contribution in [1.82, 2.24) is 5.32 Å². The average molecular weight is 293 g/mol. The molecule has 0 saturated heterocycles. The lowest BCUT2D eigenvalue weighted by Gasteiger charge is -2.11. The minimum Gasteiger partial charge on any atom is -0.322 e. The highest BCUT2D eigenvalue weighted by Gasteiger charge is 2.14. The molecule has 0 aliphatic carbocycles. The summed E-state index contributed by atoms with van der Waals surface area (Å²) in [6, 6.07) is 11.6. The monoisotopic (exact) mass is 292 g/mol. The van der Waals surface area contributed by atoms with E-state index in [4.69, 9.17) is 11.6 Å². The third-order valence-electron chi connectivity index (χ3n) is 2.83. The number of halogens is 2. The van der Waals surface area contributed by atoms with E-state index in [1.807, 2.05) is 25.2 Å². The number of hydrogen-bond donors (Lipinski definition) is 2. The maximum absolute atomic E-state index is 13.4. The molecule has 2 aromatic rings. The Balaban J connectivity index is 2.26. The van der Waals surface area contributed by atoms with Crippen LogP contribution in [0.4, 0.5) is 10.1 Å². The molecule has 0 aromatic heterocycles. The molecule has 0 bridgehead atoms. The van der Waals surface area contributed by atoms with Crippen molar-refractivity contribution in [3.05, 3.63) is 64.4 Å². The molecule has 0 heterocycles. The molecule has 5 heteroatoms. The van der Waals surface area contributed by atoms with E-state index < -0.39 is 11.7 Å². The molecule has 2 N–H and O–H groups in total. The van der Waals surface area contributed by atoms with Gasteiger partial charge in [0, 0.05) is 12.2 Å². The van der Waals surface area contributed by atoms with E-state index in [1.54, 1.807) is 6.07 Å². The van der Waals surface area contributed by atoms with Gasteiger partial charge in [0.15, 0.2) is 0 Å². The van der Waals surface area contributed by atoms with E-state index in [-0.39, 0.29) is 10.6 Å². The summed E-state index contributed by atoms with van der Waals surface area (Å²) in [6.07, 6.45) is 0. The predicted molar refractivity (Wildman–Crippen MR) is 78.6 cm³/mol. The van der Waals surface area contributed by atoms with Crippen LogP contribution in [0.1, 0.15) is 15.9 Å². The molecule has 104 valence electrons. The summed E-state index contributed by atoms with van der Waals surface area (Å²) in [5.41, 5.74) is 1.73. The second-order valence-corrected chi connectivity index (χ2v) is 4.62. The Kier molecular flexibility index (Phi) is 4.71. The minimum atomic E-state index is -0.608. The normalized spacial score (nSPS) is 10.3. The summed E-state index contributed by atoms with van der Waals surface area (Å²) in [7, 11) is 1.82. The first-order chi connectivity index (χ1) is 9.63. The van der Waals surface area contributed by atoms with Crippen LogP contribution in [-0.2, 0) is 6.54 Å². The Morgan fingerprint density at radius 1 is 1.20 bits per heavy atom. The van der Waals surface area contributed by atoms with Gasteiger partial charge in [-0.1, -0.05) is 35.9 Å². The second kappa shape index (κ2) is 6.50. The van der Waals surface area contributed by atoms with Crippen molar-refractivity contribution in [2.45, 2.75) is 6.54 Å². The van der Waals surface area contributed by atoms with Gasteiger partial charge in [0.2, 0.25) is 0 Å². The highest BCUT2D eigenvalue weighted by molar-refractivity contribution is 6.34. The molecule has 0 atom stereocenters. The Morgan fingerprint density at radius 3 is 2.70 bits per heavy atom. The smallest absolute Gasteiger partial charge is 0.257 e. The fraction of sp³-hybridized carbons (Fsp3) is 0.133. The zero-order valence-electron chi connectivity index (χ0n) is 10.9. The molecular formula is C15H14ClFN2O. The van der Waals surface area contributed by atoms with Crippen LogP contribution in [0.2, 0.25) is 5.02 Å². The number of carbonyl (C=O) groups excluding carboxylic acids is 1. The van der Waals surface area contributed by atoms with E-state index >= 15 is 0 Å². The predicted octanol–water partition coefficient (Wildman–Crippen LogP) is 3.45. The summed E-state index contributed by atoms with van der Waals surface area (Å²) in [5.74, 6) is -1.04. The third kappa shape index (κ3) is 3.15. The molecular weight excluding hydrogens is 279 g/mol. The quantitative estimate of drug-likeness (QED) is 0.906. The SMILES string of the molecule is CNCc1ccccc1NC(=O)c1cccc(F)c1Cl. The van der Waals surface area contributed by atoms with E-state index in [2.05, 4.69) is 10.6 Å². The number of amides is 1. The van der Waals surface area contributed by atoms with Crippen LogP contribution in [0.15, 0.2) is 42.5 Å². The molecule has 0 aliphatic heterocycles. The van der Waals surface area contributed by atoms with Gasteiger partial charge in [-0.3, -0.25) is 4.79 Å². The molecule has 0 fully saturated rings. The van der Waals surface area contributed by atoms with E-state index in [1.165, 1.54) is 18.2 Å². The van der Waals surface area contributed by atoms with E-state index in [9.17, 15) is 9.18 Å². The van der Waals surface area contributed by atoms with Crippen LogP contribution in [0.5, 0.6) is 0 Å². The number of benzene rings is 2. The lowest BCUT2D eigenvalue weighted by Crippen LogP contribution is -2.16. The van der Waals surface area contributed by atoms with Crippen LogP contribution < -0.4 is 10.6 Å². The van der Waals surface area contributed by atoms with Crippen LogP contribution in [0.3, 0.4) is 0 Å². The summed E-state index contributed by atoms with van der Waals surface area (Å²) in [4.78, 5) is 12.2. The second-order valence-electron chi connectivity index (χ2n) is 4.24. The van der Waals surface area contributed by atoms with Gasteiger partial charge in [0.05, 0.1) is 10.6 Å². The number of anilines is 1. The standard InChI is InChI=1S/C15H14ClFN2O/c1-18-9-10-5-2-3-8-13(10)19-15(20)11-6-4-7-12(17)14(11)16/h2-8,18H,9H2,1H3,(H,19,20). The number of nitrogens with one attached hydrogen (secondary N) is 2. The lowest BCUT2D eigenvalue weighted by molar-refractivity contribution is 0.102. The van der Waals surface area contributed by atoms with Gasteiger partial charge in [-0.25, -0.2) is 4.39 Å². The van der Waals surface area contributed by atoms with Crippen molar-refractivity contribution < 1.29 is 9.18 Å². The van der Waals surface area contributed by atoms with Gasteiger partial charge in [-0.2, -0.15) is 0 Å². The third-order valence-corrected chi connectivity index (χ3v) is 3.21. The van der Waals surface area contributed by atoms with Gasteiger partial charge in [0.1, 0.15) is 5.82 Å². The molecule has 2 aromatic carbocycles. The zero-order valence-corrected chi connectivity index (χ0v) is 11.7. The molecule has 2 rings (SSSR count). The van der Waals surface area contributed by atoms with Gasteiger partial charge in [-0.15, -0.1) is 0 Å².